The maximum Gasteiger partial charge on any atom is 0.286 e. The number of hydrogen-bond donors (Lipinski definition) is 1. The minimum Gasteiger partial charge on any atom is -0.459 e. The number of nitrogens with zero attached hydrogens (tertiary/aromatic N) is 1. The van der Waals surface area contributed by atoms with Gasteiger partial charge in [-0.3, -0.25) is 9.59 Å². The first-order valence-corrected chi connectivity index (χ1v) is 7.38. The normalized spacial score (nSPS) is 16.4. The van der Waals surface area contributed by atoms with Crippen LogP contribution in [0, 0.1) is 0 Å². The van der Waals surface area contributed by atoms with Crippen molar-refractivity contribution in [1.82, 2.24) is 5.32 Å². The predicted octanol–water partition coefficient (Wildman–Crippen LogP) is 2.38. The average Bonchev–Trinajstić information content (AvgIpc) is 3.13. The van der Waals surface area contributed by atoms with Crippen molar-refractivity contribution < 1.29 is 14.0 Å². The van der Waals surface area contributed by atoms with Gasteiger partial charge in [0.1, 0.15) is 0 Å². The molecule has 114 valence electrons. The van der Waals surface area contributed by atoms with Crippen molar-refractivity contribution in [3.63, 3.8) is 0 Å². The molecule has 5 nitrogen and oxygen atoms in total. The largest absolute Gasteiger partial charge is 0.459 e. The topological polar surface area (TPSA) is 62.6 Å². The van der Waals surface area contributed by atoms with Crippen molar-refractivity contribution in [2.75, 3.05) is 11.4 Å². The van der Waals surface area contributed by atoms with Crippen molar-refractivity contribution in [1.29, 1.82) is 0 Å². The molecule has 22 heavy (non-hydrogen) atoms. The molecular formula is C17H18N2O3. The van der Waals surface area contributed by atoms with Crippen LogP contribution in [0.1, 0.15) is 29.5 Å². The molecule has 1 aromatic heterocycles. The number of carbonyl (C=O) groups is 2. The van der Waals surface area contributed by atoms with Gasteiger partial charge in [-0.1, -0.05) is 18.2 Å². The van der Waals surface area contributed by atoms with Crippen LogP contribution < -0.4 is 10.2 Å². The Kier molecular flexibility index (Phi) is 3.96. The summed E-state index contributed by atoms with van der Waals surface area (Å²) in [5.74, 6) is -0.0165. The van der Waals surface area contributed by atoms with Crippen molar-refractivity contribution in [3.8, 4) is 0 Å². The van der Waals surface area contributed by atoms with E-state index in [9.17, 15) is 9.59 Å². The fraction of sp³-hybridized carbons (Fsp3) is 0.294. The highest BCUT2D eigenvalue weighted by molar-refractivity contribution is 5.97. The van der Waals surface area contributed by atoms with Crippen LogP contribution >= 0.6 is 0 Å². The fourth-order valence-electron chi connectivity index (χ4n) is 2.84. The Bertz CT molecular complexity index is 679. The van der Waals surface area contributed by atoms with E-state index in [2.05, 4.69) is 11.4 Å². The monoisotopic (exact) mass is 298 g/mol. The number of anilines is 1. The van der Waals surface area contributed by atoms with E-state index in [1.54, 1.807) is 12.1 Å². The van der Waals surface area contributed by atoms with Crippen LogP contribution in [0.25, 0.3) is 0 Å². The van der Waals surface area contributed by atoms with Crippen LogP contribution in [0.5, 0.6) is 0 Å². The second kappa shape index (κ2) is 6.05. The minimum absolute atomic E-state index is 0.0252. The highest BCUT2D eigenvalue weighted by Gasteiger charge is 2.30. The first-order valence-electron chi connectivity index (χ1n) is 7.38. The summed E-state index contributed by atoms with van der Waals surface area (Å²) in [5.41, 5.74) is 2.18. The van der Waals surface area contributed by atoms with E-state index in [0.717, 1.165) is 12.1 Å². The van der Waals surface area contributed by atoms with Crippen molar-refractivity contribution in [2.45, 2.75) is 25.8 Å². The zero-order chi connectivity index (χ0) is 15.5. The van der Waals surface area contributed by atoms with Crippen LogP contribution in [0.3, 0.4) is 0 Å². The maximum atomic E-state index is 12.4. The summed E-state index contributed by atoms with van der Waals surface area (Å²) in [5, 5.41) is 2.70. The summed E-state index contributed by atoms with van der Waals surface area (Å²) in [7, 11) is 0. The molecule has 0 bridgehead atoms. The summed E-state index contributed by atoms with van der Waals surface area (Å²) >= 11 is 0. The Morgan fingerprint density at radius 3 is 2.86 bits per heavy atom. The highest BCUT2D eigenvalue weighted by Crippen LogP contribution is 2.32. The summed E-state index contributed by atoms with van der Waals surface area (Å²) in [6.07, 6.45) is 2.59. The summed E-state index contributed by atoms with van der Waals surface area (Å²) in [6, 6.07) is 11.4. The molecule has 0 spiro atoms. The Balaban J connectivity index is 1.57. The van der Waals surface area contributed by atoms with Gasteiger partial charge >= 0.3 is 0 Å². The Morgan fingerprint density at radius 2 is 2.09 bits per heavy atom. The minimum atomic E-state index is -0.298. The summed E-state index contributed by atoms with van der Waals surface area (Å²) in [6.45, 7) is 2.34. The molecule has 0 fully saturated rings. The molecule has 3 rings (SSSR count). The van der Waals surface area contributed by atoms with E-state index in [0.29, 0.717) is 6.54 Å². The average molecular weight is 298 g/mol. The third-order valence-electron chi connectivity index (χ3n) is 3.85. The van der Waals surface area contributed by atoms with Gasteiger partial charge in [-0.2, -0.15) is 0 Å². The smallest absolute Gasteiger partial charge is 0.286 e. The number of amides is 2. The summed E-state index contributed by atoms with van der Waals surface area (Å²) in [4.78, 5) is 26.0. The number of carbonyl (C=O) groups excluding carboxylic acids is 2. The predicted molar refractivity (Wildman–Crippen MR) is 82.8 cm³/mol. The first kappa shape index (κ1) is 14.4. The molecular weight excluding hydrogens is 280 g/mol. The van der Waals surface area contributed by atoms with Gasteiger partial charge in [-0.05, 0) is 37.1 Å². The standard InChI is InChI=1S/C17H18N2O3/c1-12-11-13-5-2-3-6-14(13)19(12)16(20)8-9-18-17(21)15-7-4-10-22-15/h2-7,10,12H,8-9,11H2,1H3,(H,18,21)/t12-/m1/s1. The number of hydrogen-bond acceptors (Lipinski definition) is 3. The Hall–Kier alpha value is -2.56. The van der Waals surface area contributed by atoms with Gasteiger partial charge in [0.2, 0.25) is 5.91 Å². The molecule has 1 aliphatic rings. The lowest BCUT2D eigenvalue weighted by Gasteiger charge is -2.22. The first-order chi connectivity index (χ1) is 10.7. The zero-order valence-electron chi connectivity index (χ0n) is 12.4. The lowest BCUT2D eigenvalue weighted by molar-refractivity contribution is -0.118. The van der Waals surface area contributed by atoms with E-state index in [4.69, 9.17) is 4.42 Å². The lowest BCUT2D eigenvalue weighted by atomic mass is 10.1. The molecule has 0 unspecified atom stereocenters. The molecule has 0 aliphatic carbocycles. The molecule has 1 N–H and O–H groups in total. The molecule has 1 atom stereocenters. The molecule has 2 aromatic rings. The molecule has 1 aliphatic heterocycles. The van der Waals surface area contributed by atoms with E-state index in [-0.39, 0.29) is 30.0 Å². The van der Waals surface area contributed by atoms with Crippen LogP contribution in [0.2, 0.25) is 0 Å². The molecule has 0 saturated heterocycles. The third kappa shape index (κ3) is 2.74. The van der Waals surface area contributed by atoms with E-state index in [1.165, 1.54) is 11.8 Å². The van der Waals surface area contributed by atoms with Crippen molar-refractivity contribution in [2.24, 2.45) is 0 Å². The van der Waals surface area contributed by atoms with Gasteiger partial charge in [0.25, 0.3) is 5.91 Å². The number of para-hydroxylation sites is 1. The lowest BCUT2D eigenvalue weighted by Crippen LogP contribution is -2.38. The summed E-state index contributed by atoms with van der Waals surface area (Å²) < 4.78 is 5.01. The Labute approximate surface area is 128 Å². The van der Waals surface area contributed by atoms with Gasteiger partial charge in [0.15, 0.2) is 5.76 Å². The van der Waals surface area contributed by atoms with Crippen LogP contribution in [0.4, 0.5) is 5.69 Å². The van der Waals surface area contributed by atoms with Crippen LogP contribution in [-0.4, -0.2) is 24.4 Å². The molecule has 2 heterocycles. The zero-order valence-corrected chi connectivity index (χ0v) is 12.4. The van der Waals surface area contributed by atoms with Crippen LogP contribution in [0.15, 0.2) is 47.1 Å². The van der Waals surface area contributed by atoms with Gasteiger partial charge < -0.3 is 14.6 Å². The van der Waals surface area contributed by atoms with Gasteiger partial charge in [-0.15, -0.1) is 0 Å². The number of fused-ring (bicyclic) bond motifs is 1. The number of benzene rings is 1. The van der Waals surface area contributed by atoms with Gasteiger partial charge in [-0.25, -0.2) is 0 Å². The van der Waals surface area contributed by atoms with Crippen molar-refractivity contribution >= 4 is 17.5 Å². The SMILES string of the molecule is C[C@@H]1Cc2ccccc2N1C(=O)CCNC(=O)c1ccco1. The molecule has 1 aromatic carbocycles. The second-order valence-corrected chi connectivity index (χ2v) is 5.43. The number of furan rings is 1. The quantitative estimate of drug-likeness (QED) is 0.942. The molecule has 0 radical (unpaired) electrons. The second-order valence-electron chi connectivity index (χ2n) is 5.43. The number of nitrogens with one attached hydrogen (secondary N) is 1. The molecule has 5 heteroatoms. The number of rotatable bonds is 4. The van der Waals surface area contributed by atoms with Crippen molar-refractivity contribution in [3.05, 3.63) is 54.0 Å². The fourth-order valence-corrected chi connectivity index (χ4v) is 2.84. The Morgan fingerprint density at radius 1 is 1.27 bits per heavy atom. The highest BCUT2D eigenvalue weighted by atomic mass is 16.3. The molecule has 2 amide bonds. The third-order valence-corrected chi connectivity index (χ3v) is 3.85. The van der Waals surface area contributed by atoms with E-state index < -0.39 is 0 Å². The van der Waals surface area contributed by atoms with Crippen LogP contribution in [-0.2, 0) is 11.2 Å². The van der Waals surface area contributed by atoms with Gasteiger partial charge in [0.05, 0.1) is 6.26 Å². The van der Waals surface area contributed by atoms with E-state index in [1.807, 2.05) is 30.0 Å². The maximum absolute atomic E-state index is 12.4. The van der Waals surface area contributed by atoms with E-state index >= 15 is 0 Å². The van der Waals surface area contributed by atoms with Gasteiger partial charge in [0, 0.05) is 24.7 Å². The molecule has 0 saturated carbocycles.